The van der Waals surface area contributed by atoms with Gasteiger partial charge in [-0.1, -0.05) is 45.9 Å². The number of imidazole rings is 2. The molecule has 0 aliphatic rings. The minimum absolute atomic E-state index is 0.250. The summed E-state index contributed by atoms with van der Waals surface area (Å²) in [5.41, 5.74) is 6.21. The normalized spacial score (nSPS) is 12.1. The summed E-state index contributed by atoms with van der Waals surface area (Å²) in [6, 6.07) is 11.4. The summed E-state index contributed by atoms with van der Waals surface area (Å²) in [6.45, 7) is 8.32. The maximum atomic E-state index is 15.2. The van der Waals surface area contributed by atoms with Crippen molar-refractivity contribution < 1.29 is 4.39 Å². The summed E-state index contributed by atoms with van der Waals surface area (Å²) in [7, 11) is 0. The minimum atomic E-state index is -0.295. The first-order valence-corrected chi connectivity index (χ1v) is 11.8. The van der Waals surface area contributed by atoms with Crippen LogP contribution >= 0.6 is 0 Å². The Morgan fingerprint density at radius 1 is 0.714 bits per heavy atom. The molecule has 6 nitrogen and oxygen atoms in total. The highest BCUT2D eigenvalue weighted by Crippen LogP contribution is 2.36. The number of H-pyrrole nitrogens is 2. The fourth-order valence-corrected chi connectivity index (χ4v) is 4.56. The first kappa shape index (κ1) is 21.4. The van der Waals surface area contributed by atoms with E-state index in [9.17, 15) is 0 Å². The lowest BCUT2D eigenvalue weighted by atomic mass is 9.98. The van der Waals surface area contributed by atoms with E-state index in [4.69, 9.17) is 4.98 Å². The number of hydrogen-bond acceptors (Lipinski definition) is 4. The van der Waals surface area contributed by atoms with Crippen LogP contribution < -0.4 is 0 Å². The van der Waals surface area contributed by atoms with Gasteiger partial charge in [-0.05, 0) is 29.3 Å². The van der Waals surface area contributed by atoms with Gasteiger partial charge in [0, 0.05) is 40.6 Å². The quantitative estimate of drug-likeness (QED) is 0.273. The molecule has 3 aromatic carbocycles. The molecule has 0 saturated carbocycles. The molecule has 0 aliphatic carbocycles. The van der Waals surface area contributed by atoms with Gasteiger partial charge in [-0.15, -0.1) is 0 Å². The molecular weight excluding hydrogens is 439 g/mol. The van der Waals surface area contributed by atoms with Crippen LogP contribution in [0.4, 0.5) is 4.39 Å². The highest BCUT2D eigenvalue weighted by atomic mass is 19.1. The largest absolute Gasteiger partial charge is 0.342 e. The molecular formula is C28H25FN6. The second-order valence-corrected chi connectivity index (χ2v) is 9.55. The van der Waals surface area contributed by atoms with E-state index in [2.05, 4.69) is 64.7 Å². The van der Waals surface area contributed by atoms with Crippen LogP contribution in [0, 0.1) is 5.82 Å². The lowest BCUT2D eigenvalue weighted by molar-refractivity contribution is 0.631. The standard InChI is InChI=1S/C28H25FN6/c1-14(2)27-32-13-22(33-27)19-8-6-17(12-21(19)29)16-5-7-18-20(11-16)23-25(31-10-9-30-23)26-24(18)34-28(35-26)15(3)4/h5-15H,1-4H3,(H,32,33)(H,34,35). The van der Waals surface area contributed by atoms with E-state index in [1.165, 1.54) is 0 Å². The number of aromatic amines is 2. The van der Waals surface area contributed by atoms with Gasteiger partial charge in [0.2, 0.25) is 0 Å². The van der Waals surface area contributed by atoms with Crippen molar-refractivity contribution in [3.63, 3.8) is 0 Å². The lowest BCUT2D eigenvalue weighted by Gasteiger charge is -2.09. The number of halogens is 1. The summed E-state index contributed by atoms with van der Waals surface area (Å²) in [5, 5.41) is 1.98. The van der Waals surface area contributed by atoms with Crippen LogP contribution in [-0.4, -0.2) is 29.9 Å². The van der Waals surface area contributed by atoms with Gasteiger partial charge in [0.15, 0.2) is 0 Å². The Hall–Kier alpha value is -4.13. The molecule has 0 fully saturated rings. The molecule has 6 rings (SSSR count). The molecule has 6 aromatic rings. The Morgan fingerprint density at radius 2 is 1.43 bits per heavy atom. The van der Waals surface area contributed by atoms with Gasteiger partial charge in [0.1, 0.15) is 28.5 Å². The van der Waals surface area contributed by atoms with Crippen LogP contribution in [0.2, 0.25) is 0 Å². The van der Waals surface area contributed by atoms with Crippen molar-refractivity contribution in [1.82, 2.24) is 29.9 Å². The molecule has 3 aromatic heterocycles. The smallest absolute Gasteiger partial charge is 0.133 e. The molecule has 0 saturated heterocycles. The van der Waals surface area contributed by atoms with Crippen LogP contribution in [0.5, 0.6) is 0 Å². The van der Waals surface area contributed by atoms with Crippen molar-refractivity contribution >= 4 is 32.8 Å². The molecule has 0 amide bonds. The maximum absolute atomic E-state index is 15.2. The fraction of sp³-hybridized carbons (Fsp3) is 0.214. The third kappa shape index (κ3) is 3.46. The Kier molecular flexibility index (Phi) is 4.88. The zero-order valence-electron chi connectivity index (χ0n) is 20.0. The topological polar surface area (TPSA) is 83.1 Å². The third-order valence-electron chi connectivity index (χ3n) is 6.47. The van der Waals surface area contributed by atoms with Crippen molar-refractivity contribution in [3.05, 3.63) is 72.5 Å². The fourth-order valence-electron chi connectivity index (χ4n) is 4.56. The molecule has 2 N–H and O–H groups in total. The van der Waals surface area contributed by atoms with Gasteiger partial charge in [0.25, 0.3) is 0 Å². The predicted molar refractivity (Wildman–Crippen MR) is 138 cm³/mol. The minimum Gasteiger partial charge on any atom is -0.342 e. The zero-order chi connectivity index (χ0) is 24.3. The van der Waals surface area contributed by atoms with Gasteiger partial charge in [0.05, 0.1) is 22.9 Å². The van der Waals surface area contributed by atoms with E-state index in [1.807, 2.05) is 12.1 Å². The summed E-state index contributed by atoms with van der Waals surface area (Å²) in [5.74, 6) is 1.98. The van der Waals surface area contributed by atoms with Crippen LogP contribution in [0.3, 0.4) is 0 Å². The van der Waals surface area contributed by atoms with Crippen LogP contribution in [-0.2, 0) is 0 Å². The van der Waals surface area contributed by atoms with Gasteiger partial charge >= 0.3 is 0 Å². The number of benzene rings is 3. The third-order valence-corrected chi connectivity index (χ3v) is 6.47. The predicted octanol–water partition coefficient (Wildman–Crippen LogP) is 7.10. The molecule has 3 heterocycles. The van der Waals surface area contributed by atoms with E-state index >= 15 is 4.39 Å². The van der Waals surface area contributed by atoms with Crippen molar-refractivity contribution in [1.29, 1.82) is 0 Å². The Labute approximate surface area is 201 Å². The van der Waals surface area contributed by atoms with E-state index in [1.54, 1.807) is 30.7 Å². The van der Waals surface area contributed by atoms with Gasteiger partial charge in [-0.3, -0.25) is 9.97 Å². The summed E-state index contributed by atoms with van der Waals surface area (Å²) in [4.78, 5) is 25.1. The number of aromatic nitrogens is 6. The average Bonchev–Trinajstić information content (AvgIpc) is 3.52. The zero-order valence-corrected chi connectivity index (χ0v) is 20.0. The average molecular weight is 465 g/mol. The Bertz CT molecular complexity index is 1730. The molecule has 0 bridgehead atoms. The van der Waals surface area contributed by atoms with E-state index in [-0.39, 0.29) is 17.7 Å². The molecule has 0 atom stereocenters. The molecule has 0 radical (unpaired) electrons. The van der Waals surface area contributed by atoms with E-state index < -0.39 is 0 Å². The van der Waals surface area contributed by atoms with Crippen LogP contribution in [0.25, 0.3) is 55.2 Å². The van der Waals surface area contributed by atoms with Crippen molar-refractivity contribution in [2.24, 2.45) is 0 Å². The van der Waals surface area contributed by atoms with Gasteiger partial charge < -0.3 is 9.97 Å². The summed E-state index contributed by atoms with van der Waals surface area (Å²) in [6.07, 6.45) is 5.07. The first-order chi connectivity index (χ1) is 16.9. The molecule has 35 heavy (non-hydrogen) atoms. The number of nitrogens with one attached hydrogen (secondary N) is 2. The van der Waals surface area contributed by atoms with Crippen molar-refractivity contribution in [2.45, 2.75) is 39.5 Å². The second-order valence-electron chi connectivity index (χ2n) is 9.55. The highest BCUT2D eigenvalue weighted by molar-refractivity contribution is 6.21. The van der Waals surface area contributed by atoms with Crippen LogP contribution in [0.15, 0.2) is 55.0 Å². The summed E-state index contributed by atoms with van der Waals surface area (Å²) >= 11 is 0. The maximum Gasteiger partial charge on any atom is 0.133 e. The first-order valence-electron chi connectivity index (χ1n) is 11.8. The molecule has 0 aliphatic heterocycles. The van der Waals surface area contributed by atoms with Crippen molar-refractivity contribution in [3.8, 4) is 22.4 Å². The van der Waals surface area contributed by atoms with E-state index in [0.29, 0.717) is 11.3 Å². The van der Waals surface area contributed by atoms with Crippen LogP contribution in [0.1, 0.15) is 51.2 Å². The number of rotatable bonds is 4. The number of fused-ring (bicyclic) bond motifs is 6. The van der Waals surface area contributed by atoms with Crippen molar-refractivity contribution in [2.75, 3.05) is 0 Å². The molecule has 7 heteroatoms. The Balaban J connectivity index is 1.51. The van der Waals surface area contributed by atoms with Gasteiger partial charge in [-0.25, -0.2) is 14.4 Å². The molecule has 0 spiro atoms. The van der Waals surface area contributed by atoms with E-state index in [0.717, 1.165) is 55.6 Å². The molecule has 0 unspecified atom stereocenters. The number of hydrogen-bond donors (Lipinski definition) is 2. The lowest BCUT2D eigenvalue weighted by Crippen LogP contribution is -1.91. The Morgan fingerprint density at radius 3 is 2.14 bits per heavy atom. The summed E-state index contributed by atoms with van der Waals surface area (Å²) < 4.78 is 15.2. The SMILES string of the molecule is CC(C)c1ncc(-c2ccc(-c3ccc4c(c3)c3nccnc3c3nc(C(C)C)[nH]c43)cc2F)[nH]1. The van der Waals surface area contributed by atoms with Gasteiger partial charge in [-0.2, -0.15) is 0 Å². The monoisotopic (exact) mass is 464 g/mol. The highest BCUT2D eigenvalue weighted by Gasteiger charge is 2.17. The molecule has 174 valence electrons. The number of nitrogens with zero attached hydrogens (tertiary/aromatic N) is 4. The second kappa shape index (κ2) is 7.98.